The molecule has 0 aromatic carbocycles. The van der Waals surface area contributed by atoms with Gasteiger partial charge in [-0.05, 0) is 27.7 Å². The van der Waals surface area contributed by atoms with Crippen LogP contribution in [-0.4, -0.2) is 47.7 Å². The first-order valence-corrected chi connectivity index (χ1v) is 5.35. The second-order valence-corrected chi connectivity index (χ2v) is 3.79. The summed E-state index contributed by atoms with van der Waals surface area (Å²) in [5, 5.41) is 0. The van der Waals surface area contributed by atoms with E-state index in [9.17, 15) is 18.0 Å². The highest BCUT2D eigenvalue weighted by atomic mass is 19.4. The topological polar surface area (TPSA) is 23.6 Å². The Kier molecular flexibility index (Phi) is 5.61. The summed E-state index contributed by atoms with van der Waals surface area (Å²) in [6.45, 7) is 6.27. The molecule has 0 rings (SSSR count). The second-order valence-electron chi connectivity index (χ2n) is 3.79. The third-order valence-electron chi connectivity index (χ3n) is 2.25. The summed E-state index contributed by atoms with van der Waals surface area (Å²) in [6.07, 6.45) is -4.35. The van der Waals surface area contributed by atoms with Gasteiger partial charge >= 0.3 is 12.2 Å². The van der Waals surface area contributed by atoms with Crippen LogP contribution in [-0.2, 0) is 0 Å². The Hall–Kier alpha value is -0.940. The fourth-order valence-corrected chi connectivity index (χ4v) is 1.34. The summed E-state index contributed by atoms with van der Waals surface area (Å²) in [5.41, 5.74) is 0. The monoisotopic (exact) mass is 240 g/mol. The minimum atomic E-state index is -4.35. The van der Waals surface area contributed by atoms with E-state index in [-0.39, 0.29) is 0 Å². The van der Waals surface area contributed by atoms with Crippen molar-refractivity contribution in [2.24, 2.45) is 0 Å². The number of urea groups is 1. The molecule has 0 fully saturated rings. The molecule has 3 nitrogen and oxygen atoms in total. The summed E-state index contributed by atoms with van der Waals surface area (Å²) in [4.78, 5) is 14.0. The van der Waals surface area contributed by atoms with Crippen molar-refractivity contribution in [3.05, 3.63) is 0 Å². The molecular weight excluding hydrogens is 221 g/mol. The van der Waals surface area contributed by atoms with Crippen LogP contribution in [0.15, 0.2) is 0 Å². The average molecular weight is 240 g/mol. The normalized spacial score (nSPS) is 11.8. The van der Waals surface area contributed by atoms with Gasteiger partial charge in [0.1, 0.15) is 6.54 Å². The van der Waals surface area contributed by atoms with Crippen molar-refractivity contribution in [3.8, 4) is 0 Å². The lowest BCUT2D eigenvalue weighted by molar-refractivity contribution is -0.143. The molecule has 0 aliphatic carbocycles. The molecule has 2 amide bonds. The lowest BCUT2D eigenvalue weighted by atomic mass is 10.3. The van der Waals surface area contributed by atoms with Crippen LogP contribution in [0.2, 0.25) is 0 Å². The summed E-state index contributed by atoms with van der Waals surface area (Å²) >= 11 is 0. The van der Waals surface area contributed by atoms with Gasteiger partial charge in [-0.15, -0.1) is 0 Å². The van der Waals surface area contributed by atoms with Crippen LogP contribution in [0.3, 0.4) is 0 Å². The maximum atomic E-state index is 12.3. The third-order valence-corrected chi connectivity index (χ3v) is 2.25. The largest absolute Gasteiger partial charge is 0.406 e. The van der Waals surface area contributed by atoms with Gasteiger partial charge < -0.3 is 9.80 Å². The van der Waals surface area contributed by atoms with Crippen molar-refractivity contribution < 1.29 is 18.0 Å². The van der Waals surface area contributed by atoms with E-state index in [4.69, 9.17) is 0 Å². The first-order valence-electron chi connectivity index (χ1n) is 5.35. The fraction of sp³-hybridized carbons (Fsp3) is 0.900. The Balaban J connectivity index is 4.72. The van der Waals surface area contributed by atoms with E-state index in [1.54, 1.807) is 27.7 Å². The van der Waals surface area contributed by atoms with Crippen molar-refractivity contribution in [3.63, 3.8) is 0 Å². The van der Waals surface area contributed by atoms with E-state index in [2.05, 4.69) is 0 Å². The summed E-state index contributed by atoms with van der Waals surface area (Å²) in [6, 6.07) is -1.02. The molecule has 0 spiro atoms. The molecule has 0 radical (unpaired) electrons. The molecule has 0 aromatic rings. The van der Waals surface area contributed by atoms with E-state index in [0.717, 1.165) is 4.90 Å². The number of halogens is 3. The van der Waals surface area contributed by atoms with Gasteiger partial charge in [0.25, 0.3) is 0 Å². The van der Waals surface area contributed by atoms with Crippen LogP contribution < -0.4 is 0 Å². The summed E-state index contributed by atoms with van der Waals surface area (Å²) < 4.78 is 36.9. The standard InChI is InChI=1S/C10H19F3N2O/c1-5-14(6-2)9(16)15(8(3)4)7-10(11,12)13/h8H,5-7H2,1-4H3. The SMILES string of the molecule is CCN(CC)C(=O)N(CC(F)(F)F)C(C)C. The molecule has 0 atom stereocenters. The van der Waals surface area contributed by atoms with Gasteiger partial charge in [-0.25, -0.2) is 4.79 Å². The Morgan fingerprint density at radius 3 is 1.88 bits per heavy atom. The number of hydrogen-bond donors (Lipinski definition) is 0. The fourth-order valence-electron chi connectivity index (χ4n) is 1.34. The van der Waals surface area contributed by atoms with Gasteiger partial charge in [-0.3, -0.25) is 0 Å². The predicted octanol–water partition coefficient (Wildman–Crippen LogP) is 2.72. The Labute approximate surface area is 94.2 Å². The average Bonchev–Trinajstić information content (AvgIpc) is 2.14. The zero-order valence-electron chi connectivity index (χ0n) is 10.1. The maximum absolute atomic E-state index is 12.3. The first-order chi connectivity index (χ1) is 7.22. The van der Waals surface area contributed by atoms with Crippen molar-refractivity contribution >= 4 is 6.03 Å². The number of carbonyl (C=O) groups excluding carboxylic acids is 1. The van der Waals surface area contributed by atoms with Crippen LogP contribution >= 0.6 is 0 Å². The molecule has 0 saturated heterocycles. The van der Waals surface area contributed by atoms with E-state index in [0.29, 0.717) is 13.1 Å². The van der Waals surface area contributed by atoms with Crippen molar-refractivity contribution in [2.45, 2.75) is 39.9 Å². The Morgan fingerprint density at radius 1 is 1.19 bits per heavy atom. The molecule has 0 saturated carbocycles. The highest BCUT2D eigenvalue weighted by molar-refractivity contribution is 5.74. The molecule has 0 aliphatic heterocycles. The van der Waals surface area contributed by atoms with Gasteiger partial charge in [0.2, 0.25) is 0 Å². The number of hydrogen-bond acceptors (Lipinski definition) is 1. The van der Waals surface area contributed by atoms with E-state index in [1.807, 2.05) is 0 Å². The molecule has 6 heteroatoms. The van der Waals surface area contributed by atoms with Gasteiger partial charge in [0, 0.05) is 19.1 Å². The molecule has 16 heavy (non-hydrogen) atoms. The van der Waals surface area contributed by atoms with Crippen molar-refractivity contribution in [2.75, 3.05) is 19.6 Å². The Morgan fingerprint density at radius 2 is 1.62 bits per heavy atom. The summed E-state index contributed by atoms with van der Waals surface area (Å²) in [7, 11) is 0. The lowest BCUT2D eigenvalue weighted by Gasteiger charge is -2.32. The van der Waals surface area contributed by atoms with Gasteiger partial charge in [0.15, 0.2) is 0 Å². The number of alkyl halides is 3. The molecule has 96 valence electrons. The molecule has 0 N–H and O–H groups in total. The summed E-state index contributed by atoms with van der Waals surface area (Å²) in [5.74, 6) is 0. The number of nitrogens with zero attached hydrogens (tertiary/aromatic N) is 2. The van der Waals surface area contributed by atoms with Gasteiger partial charge in [-0.2, -0.15) is 13.2 Å². The first kappa shape index (κ1) is 15.1. The molecule has 0 bridgehead atoms. The van der Waals surface area contributed by atoms with Gasteiger partial charge in [-0.1, -0.05) is 0 Å². The zero-order chi connectivity index (χ0) is 12.9. The van der Waals surface area contributed by atoms with Crippen LogP contribution in [0.1, 0.15) is 27.7 Å². The Bertz CT molecular complexity index is 225. The number of rotatable bonds is 4. The minimum absolute atomic E-state index is 0.413. The van der Waals surface area contributed by atoms with Crippen molar-refractivity contribution in [1.29, 1.82) is 0 Å². The number of carbonyl (C=O) groups is 1. The van der Waals surface area contributed by atoms with E-state index < -0.39 is 24.8 Å². The quantitative estimate of drug-likeness (QED) is 0.741. The van der Waals surface area contributed by atoms with Gasteiger partial charge in [0.05, 0.1) is 0 Å². The molecule has 0 aromatic heterocycles. The second kappa shape index (κ2) is 5.96. The molecule has 0 aliphatic rings. The lowest BCUT2D eigenvalue weighted by Crippen LogP contribution is -2.49. The molecular formula is C10H19F3N2O. The highest BCUT2D eigenvalue weighted by Crippen LogP contribution is 2.19. The number of amides is 2. The van der Waals surface area contributed by atoms with E-state index >= 15 is 0 Å². The van der Waals surface area contributed by atoms with E-state index in [1.165, 1.54) is 4.90 Å². The third kappa shape index (κ3) is 4.72. The molecule has 0 unspecified atom stereocenters. The maximum Gasteiger partial charge on any atom is 0.406 e. The highest BCUT2D eigenvalue weighted by Gasteiger charge is 2.35. The smallest absolute Gasteiger partial charge is 0.325 e. The molecule has 0 heterocycles. The van der Waals surface area contributed by atoms with Crippen LogP contribution in [0.25, 0.3) is 0 Å². The van der Waals surface area contributed by atoms with Crippen molar-refractivity contribution in [1.82, 2.24) is 9.80 Å². The predicted molar refractivity (Wildman–Crippen MR) is 56.2 cm³/mol. The van der Waals surface area contributed by atoms with Crippen LogP contribution in [0, 0.1) is 0 Å². The zero-order valence-corrected chi connectivity index (χ0v) is 10.1. The van der Waals surface area contributed by atoms with Crippen LogP contribution in [0.4, 0.5) is 18.0 Å². The van der Waals surface area contributed by atoms with Crippen LogP contribution in [0.5, 0.6) is 0 Å². The minimum Gasteiger partial charge on any atom is -0.325 e.